The van der Waals surface area contributed by atoms with Gasteiger partial charge in [-0.15, -0.1) is 0 Å². The Morgan fingerprint density at radius 2 is 2.47 bits per heavy atom. The SMILES string of the molecule is CC1CN=C(NCCCCC(N)=O)SC1. The van der Waals surface area contributed by atoms with Crippen LogP contribution < -0.4 is 11.1 Å². The Balaban J connectivity index is 2.03. The van der Waals surface area contributed by atoms with Gasteiger partial charge in [-0.2, -0.15) is 0 Å². The zero-order valence-electron chi connectivity index (χ0n) is 9.16. The third kappa shape index (κ3) is 5.67. The molecule has 5 heteroatoms. The fourth-order valence-electron chi connectivity index (χ4n) is 1.28. The molecule has 1 unspecified atom stereocenters. The first kappa shape index (κ1) is 12.4. The van der Waals surface area contributed by atoms with Crippen molar-refractivity contribution in [1.82, 2.24) is 5.32 Å². The zero-order valence-corrected chi connectivity index (χ0v) is 9.98. The summed E-state index contributed by atoms with van der Waals surface area (Å²) in [6.07, 6.45) is 2.31. The smallest absolute Gasteiger partial charge is 0.217 e. The molecule has 1 atom stereocenters. The number of thioether (sulfide) groups is 1. The van der Waals surface area contributed by atoms with E-state index in [4.69, 9.17) is 5.73 Å². The molecule has 15 heavy (non-hydrogen) atoms. The number of hydrogen-bond acceptors (Lipinski definition) is 4. The molecule has 1 aliphatic rings. The van der Waals surface area contributed by atoms with Crippen LogP contribution in [0.3, 0.4) is 0 Å². The Bertz CT molecular complexity index is 243. The van der Waals surface area contributed by atoms with Gasteiger partial charge in [-0.25, -0.2) is 0 Å². The predicted octanol–water partition coefficient (Wildman–Crippen LogP) is 0.970. The molecule has 4 nitrogen and oxygen atoms in total. The molecular weight excluding hydrogens is 210 g/mol. The van der Waals surface area contributed by atoms with Crippen LogP contribution in [0.2, 0.25) is 0 Å². The van der Waals surface area contributed by atoms with Gasteiger partial charge in [0.05, 0.1) is 0 Å². The molecule has 1 amide bonds. The van der Waals surface area contributed by atoms with Crippen LogP contribution in [0.15, 0.2) is 4.99 Å². The van der Waals surface area contributed by atoms with E-state index in [0.717, 1.165) is 36.9 Å². The third-order valence-corrected chi connectivity index (χ3v) is 3.46. The second kappa shape index (κ2) is 6.71. The molecule has 86 valence electrons. The van der Waals surface area contributed by atoms with Crippen LogP contribution in [-0.2, 0) is 4.79 Å². The van der Waals surface area contributed by atoms with Crippen molar-refractivity contribution in [3.63, 3.8) is 0 Å². The predicted molar refractivity (Wildman–Crippen MR) is 65.0 cm³/mol. The van der Waals surface area contributed by atoms with Gasteiger partial charge in [0.2, 0.25) is 5.91 Å². The zero-order chi connectivity index (χ0) is 11.1. The lowest BCUT2D eigenvalue weighted by Gasteiger charge is -2.17. The van der Waals surface area contributed by atoms with Crippen molar-refractivity contribution in [3.8, 4) is 0 Å². The standard InChI is InChI=1S/C10H19N3OS/c1-8-6-13-10(15-7-8)12-5-3-2-4-9(11)14/h8H,2-7H2,1H3,(H2,11,14)(H,12,13). The monoisotopic (exact) mass is 229 g/mol. The quantitative estimate of drug-likeness (QED) is 0.690. The van der Waals surface area contributed by atoms with Crippen molar-refractivity contribution in [3.05, 3.63) is 0 Å². The molecule has 3 N–H and O–H groups in total. The lowest BCUT2D eigenvalue weighted by molar-refractivity contribution is -0.118. The van der Waals surface area contributed by atoms with Crippen molar-refractivity contribution >= 4 is 22.8 Å². The van der Waals surface area contributed by atoms with Crippen LogP contribution in [0.4, 0.5) is 0 Å². The number of nitrogens with two attached hydrogens (primary N) is 1. The molecule has 0 fully saturated rings. The molecule has 0 aliphatic carbocycles. The van der Waals surface area contributed by atoms with Crippen molar-refractivity contribution < 1.29 is 4.79 Å². The Kier molecular flexibility index (Phi) is 5.53. The van der Waals surface area contributed by atoms with E-state index in [9.17, 15) is 4.79 Å². The number of hydrogen-bond donors (Lipinski definition) is 2. The molecular formula is C10H19N3OS. The van der Waals surface area contributed by atoms with E-state index in [1.807, 2.05) is 0 Å². The number of aliphatic imine (C=N–C) groups is 1. The van der Waals surface area contributed by atoms with Gasteiger partial charge in [-0.1, -0.05) is 18.7 Å². The van der Waals surface area contributed by atoms with Crippen LogP contribution in [0.5, 0.6) is 0 Å². The molecule has 1 rings (SSSR count). The van der Waals surface area contributed by atoms with E-state index < -0.39 is 0 Å². The van der Waals surface area contributed by atoms with Gasteiger partial charge < -0.3 is 11.1 Å². The second-order valence-electron chi connectivity index (χ2n) is 3.91. The second-order valence-corrected chi connectivity index (χ2v) is 4.92. The summed E-state index contributed by atoms with van der Waals surface area (Å²) in [5, 5.41) is 4.33. The normalized spacial score (nSPS) is 20.9. The van der Waals surface area contributed by atoms with E-state index in [1.165, 1.54) is 0 Å². The largest absolute Gasteiger partial charge is 0.370 e. The maximum atomic E-state index is 10.5. The number of primary amides is 1. The highest BCUT2D eigenvalue weighted by Gasteiger charge is 2.10. The molecule has 0 aromatic rings. The van der Waals surface area contributed by atoms with Gasteiger partial charge in [0, 0.05) is 25.3 Å². The highest BCUT2D eigenvalue weighted by atomic mass is 32.2. The minimum atomic E-state index is -0.215. The van der Waals surface area contributed by atoms with Crippen LogP contribution >= 0.6 is 11.8 Å². The van der Waals surface area contributed by atoms with E-state index in [0.29, 0.717) is 12.3 Å². The van der Waals surface area contributed by atoms with Crippen LogP contribution in [0.1, 0.15) is 26.2 Å². The lowest BCUT2D eigenvalue weighted by atomic mass is 10.2. The number of unbranched alkanes of at least 4 members (excludes halogenated alkanes) is 1. The van der Waals surface area contributed by atoms with Crippen LogP contribution in [0, 0.1) is 5.92 Å². The molecule has 0 aromatic carbocycles. The highest BCUT2D eigenvalue weighted by Crippen LogP contribution is 2.15. The van der Waals surface area contributed by atoms with Gasteiger partial charge in [0.15, 0.2) is 5.17 Å². The summed E-state index contributed by atoms with van der Waals surface area (Å²) in [7, 11) is 0. The summed E-state index contributed by atoms with van der Waals surface area (Å²) in [5.41, 5.74) is 5.05. The summed E-state index contributed by atoms with van der Waals surface area (Å²) < 4.78 is 0. The van der Waals surface area contributed by atoms with Gasteiger partial charge in [0.25, 0.3) is 0 Å². The Morgan fingerprint density at radius 1 is 1.67 bits per heavy atom. The van der Waals surface area contributed by atoms with Gasteiger partial charge in [-0.05, 0) is 18.8 Å². The Labute approximate surface area is 95.1 Å². The average molecular weight is 229 g/mol. The first-order valence-corrected chi connectivity index (χ1v) is 6.36. The maximum absolute atomic E-state index is 10.5. The Morgan fingerprint density at radius 3 is 3.07 bits per heavy atom. The van der Waals surface area contributed by atoms with Gasteiger partial charge in [-0.3, -0.25) is 9.79 Å². The number of carbonyl (C=O) groups is 1. The topological polar surface area (TPSA) is 67.5 Å². The summed E-state index contributed by atoms with van der Waals surface area (Å²) in [6, 6.07) is 0. The van der Waals surface area contributed by atoms with E-state index in [1.54, 1.807) is 11.8 Å². The third-order valence-electron chi connectivity index (χ3n) is 2.18. The number of amides is 1. The first-order valence-electron chi connectivity index (χ1n) is 5.38. The van der Waals surface area contributed by atoms with Crippen LogP contribution in [-0.4, -0.2) is 29.9 Å². The maximum Gasteiger partial charge on any atom is 0.217 e. The van der Waals surface area contributed by atoms with E-state index >= 15 is 0 Å². The number of nitrogens with one attached hydrogen (secondary N) is 1. The highest BCUT2D eigenvalue weighted by molar-refractivity contribution is 8.13. The number of nitrogens with zero attached hydrogens (tertiary/aromatic N) is 1. The summed E-state index contributed by atoms with van der Waals surface area (Å²) in [4.78, 5) is 14.9. The van der Waals surface area contributed by atoms with Crippen molar-refractivity contribution in [2.75, 3.05) is 18.8 Å². The Hall–Kier alpha value is -0.710. The van der Waals surface area contributed by atoms with Gasteiger partial charge in [0.1, 0.15) is 0 Å². The molecule has 1 aliphatic heterocycles. The molecule has 0 radical (unpaired) electrons. The fraction of sp³-hybridized carbons (Fsp3) is 0.800. The molecule has 1 heterocycles. The minimum absolute atomic E-state index is 0.215. The van der Waals surface area contributed by atoms with Crippen molar-refractivity contribution in [2.24, 2.45) is 16.6 Å². The fourth-order valence-corrected chi connectivity index (χ4v) is 2.20. The number of carbonyl (C=O) groups excluding carboxylic acids is 1. The molecule has 0 spiro atoms. The van der Waals surface area contributed by atoms with E-state index in [2.05, 4.69) is 17.2 Å². The first-order chi connectivity index (χ1) is 7.18. The van der Waals surface area contributed by atoms with Crippen LogP contribution in [0.25, 0.3) is 0 Å². The summed E-state index contributed by atoms with van der Waals surface area (Å²) in [6.45, 7) is 4.02. The lowest BCUT2D eigenvalue weighted by Crippen LogP contribution is -2.27. The van der Waals surface area contributed by atoms with E-state index in [-0.39, 0.29) is 5.91 Å². The molecule has 0 bridgehead atoms. The molecule has 0 saturated carbocycles. The molecule has 0 aromatic heterocycles. The minimum Gasteiger partial charge on any atom is -0.370 e. The summed E-state index contributed by atoms with van der Waals surface area (Å²) in [5.74, 6) is 1.62. The molecule has 0 saturated heterocycles. The van der Waals surface area contributed by atoms with Crippen molar-refractivity contribution in [1.29, 1.82) is 0 Å². The number of rotatable bonds is 5. The van der Waals surface area contributed by atoms with Gasteiger partial charge >= 0.3 is 0 Å². The average Bonchev–Trinajstić information content (AvgIpc) is 2.20. The number of amidine groups is 1. The van der Waals surface area contributed by atoms with Crippen molar-refractivity contribution in [2.45, 2.75) is 26.2 Å². The summed E-state index contributed by atoms with van der Waals surface area (Å²) >= 11 is 1.78.